The zero-order valence-corrected chi connectivity index (χ0v) is 13.0. The third-order valence-electron chi connectivity index (χ3n) is 4.03. The Morgan fingerprint density at radius 1 is 1.20 bits per heavy atom. The lowest BCUT2D eigenvalue weighted by molar-refractivity contribution is 0.232. The summed E-state index contributed by atoms with van der Waals surface area (Å²) in [5.74, 6) is -0.106. The molecule has 20 heavy (non-hydrogen) atoms. The highest BCUT2D eigenvalue weighted by Gasteiger charge is 2.26. The number of nitrogens with one attached hydrogen (secondary N) is 1. The van der Waals surface area contributed by atoms with Crippen LogP contribution in [0.25, 0.3) is 0 Å². The SMILES string of the molecule is CC1(C)CCC(Nc2ccc(CS(N)(=O)=O)cc2)CC1. The van der Waals surface area contributed by atoms with Crippen molar-refractivity contribution in [2.75, 3.05) is 5.32 Å². The van der Waals surface area contributed by atoms with Gasteiger partial charge in [-0.15, -0.1) is 0 Å². The Morgan fingerprint density at radius 2 is 1.75 bits per heavy atom. The standard InChI is InChI=1S/C15H24N2O2S/c1-15(2)9-7-14(8-10-15)17-13-5-3-12(4-6-13)11-20(16,18)19/h3-6,14,17H,7-11H2,1-2H3,(H2,16,18,19). The first-order valence-electron chi connectivity index (χ1n) is 7.09. The Balaban J connectivity index is 1.91. The van der Waals surface area contributed by atoms with Gasteiger partial charge >= 0.3 is 0 Å². The van der Waals surface area contributed by atoms with Gasteiger partial charge in [0, 0.05) is 11.7 Å². The van der Waals surface area contributed by atoms with Crippen molar-refractivity contribution in [3.8, 4) is 0 Å². The van der Waals surface area contributed by atoms with Gasteiger partial charge in [0.2, 0.25) is 10.0 Å². The third kappa shape index (κ3) is 4.80. The lowest BCUT2D eigenvalue weighted by Crippen LogP contribution is -2.29. The fourth-order valence-electron chi connectivity index (χ4n) is 2.71. The lowest BCUT2D eigenvalue weighted by atomic mass is 9.75. The van der Waals surface area contributed by atoms with E-state index < -0.39 is 10.0 Å². The van der Waals surface area contributed by atoms with Crippen LogP contribution in [0.5, 0.6) is 0 Å². The molecule has 0 unspecified atom stereocenters. The minimum Gasteiger partial charge on any atom is -0.382 e. The molecule has 0 radical (unpaired) electrons. The average Bonchev–Trinajstić information content (AvgIpc) is 2.32. The molecule has 5 heteroatoms. The van der Waals surface area contributed by atoms with Gasteiger partial charge in [0.15, 0.2) is 0 Å². The molecule has 0 saturated heterocycles. The van der Waals surface area contributed by atoms with Crippen LogP contribution in [0.3, 0.4) is 0 Å². The van der Waals surface area contributed by atoms with E-state index in [2.05, 4.69) is 19.2 Å². The Morgan fingerprint density at radius 3 is 2.25 bits per heavy atom. The van der Waals surface area contributed by atoms with Crippen molar-refractivity contribution in [3.63, 3.8) is 0 Å². The molecule has 4 nitrogen and oxygen atoms in total. The molecule has 1 aromatic rings. The van der Waals surface area contributed by atoms with Crippen LogP contribution in [0.2, 0.25) is 0 Å². The summed E-state index contributed by atoms with van der Waals surface area (Å²) in [5.41, 5.74) is 2.24. The Bertz CT molecular complexity index is 540. The normalized spacial score (nSPS) is 19.8. The number of benzene rings is 1. The maximum atomic E-state index is 11.0. The van der Waals surface area contributed by atoms with E-state index in [1.807, 2.05) is 24.3 Å². The summed E-state index contributed by atoms with van der Waals surface area (Å²) in [7, 11) is -3.45. The van der Waals surface area contributed by atoms with Gasteiger partial charge < -0.3 is 5.32 Å². The maximum Gasteiger partial charge on any atom is 0.213 e. The summed E-state index contributed by atoms with van der Waals surface area (Å²) < 4.78 is 22.1. The summed E-state index contributed by atoms with van der Waals surface area (Å²) in [4.78, 5) is 0. The van der Waals surface area contributed by atoms with E-state index in [4.69, 9.17) is 5.14 Å². The first-order chi connectivity index (χ1) is 9.23. The molecule has 0 amide bonds. The number of anilines is 1. The zero-order valence-electron chi connectivity index (χ0n) is 12.2. The zero-order chi connectivity index (χ0) is 14.8. The fourth-order valence-corrected chi connectivity index (χ4v) is 3.37. The second-order valence-electron chi connectivity index (χ2n) is 6.59. The molecule has 0 spiro atoms. The molecular weight excluding hydrogens is 272 g/mol. The predicted molar refractivity (Wildman–Crippen MR) is 82.9 cm³/mol. The monoisotopic (exact) mass is 296 g/mol. The second-order valence-corrected chi connectivity index (χ2v) is 8.20. The molecule has 1 aliphatic rings. The summed E-state index contributed by atoms with van der Waals surface area (Å²) in [5, 5.41) is 8.56. The van der Waals surface area contributed by atoms with Gasteiger partial charge in [-0.05, 0) is 48.8 Å². The van der Waals surface area contributed by atoms with Crippen molar-refractivity contribution >= 4 is 15.7 Å². The quantitative estimate of drug-likeness (QED) is 0.897. The number of primary sulfonamides is 1. The molecule has 3 N–H and O–H groups in total. The highest BCUT2D eigenvalue weighted by molar-refractivity contribution is 7.88. The van der Waals surface area contributed by atoms with Crippen molar-refractivity contribution in [1.29, 1.82) is 0 Å². The highest BCUT2D eigenvalue weighted by Crippen LogP contribution is 2.36. The lowest BCUT2D eigenvalue weighted by Gasteiger charge is -2.35. The predicted octanol–water partition coefficient (Wildman–Crippen LogP) is 2.86. The Labute approximate surface area is 121 Å². The van der Waals surface area contributed by atoms with Crippen LogP contribution in [0, 0.1) is 5.41 Å². The van der Waals surface area contributed by atoms with E-state index in [0.717, 1.165) is 11.3 Å². The first-order valence-corrected chi connectivity index (χ1v) is 8.81. The number of sulfonamides is 1. The molecule has 0 bridgehead atoms. The average molecular weight is 296 g/mol. The molecule has 1 fully saturated rings. The number of hydrogen-bond acceptors (Lipinski definition) is 3. The molecule has 112 valence electrons. The van der Waals surface area contributed by atoms with E-state index in [1.165, 1.54) is 25.7 Å². The molecule has 1 saturated carbocycles. The summed E-state index contributed by atoms with van der Waals surface area (Å²) >= 11 is 0. The molecule has 1 aliphatic carbocycles. The van der Waals surface area contributed by atoms with Gasteiger partial charge in [-0.1, -0.05) is 26.0 Å². The minimum absolute atomic E-state index is 0.106. The summed E-state index contributed by atoms with van der Waals surface area (Å²) in [6.07, 6.45) is 4.86. The largest absolute Gasteiger partial charge is 0.382 e. The maximum absolute atomic E-state index is 11.0. The molecule has 0 aliphatic heterocycles. The van der Waals surface area contributed by atoms with Gasteiger partial charge in [0.05, 0.1) is 5.75 Å². The minimum atomic E-state index is -3.45. The van der Waals surface area contributed by atoms with Gasteiger partial charge in [-0.3, -0.25) is 0 Å². The van der Waals surface area contributed by atoms with Crippen LogP contribution in [-0.4, -0.2) is 14.5 Å². The Kier molecular flexibility index (Phi) is 4.39. The summed E-state index contributed by atoms with van der Waals surface area (Å²) in [6.45, 7) is 4.65. The van der Waals surface area contributed by atoms with Gasteiger partial charge in [0.1, 0.15) is 0 Å². The second kappa shape index (κ2) is 5.74. The highest BCUT2D eigenvalue weighted by atomic mass is 32.2. The van der Waals surface area contributed by atoms with Gasteiger partial charge in [-0.2, -0.15) is 0 Å². The van der Waals surface area contributed by atoms with Crippen LogP contribution in [0.4, 0.5) is 5.69 Å². The van der Waals surface area contributed by atoms with Crippen molar-refractivity contribution in [1.82, 2.24) is 0 Å². The molecule has 0 aromatic heterocycles. The van der Waals surface area contributed by atoms with Crippen LogP contribution in [0.1, 0.15) is 45.1 Å². The van der Waals surface area contributed by atoms with E-state index in [9.17, 15) is 8.42 Å². The number of nitrogens with two attached hydrogens (primary N) is 1. The van der Waals surface area contributed by atoms with Crippen molar-refractivity contribution in [3.05, 3.63) is 29.8 Å². The summed E-state index contributed by atoms with van der Waals surface area (Å²) in [6, 6.07) is 8.02. The number of hydrogen-bond donors (Lipinski definition) is 2. The van der Waals surface area contributed by atoms with Crippen LogP contribution in [0.15, 0.2) is 24.3 Å². The Hall–Kier alpha value is -1.07. The molecule has 0 atom stereocenters. The fraction of sp³-hybridized carbons (Fsp3) is 0.600. The molecule has 1 aromatic carbocycles. The van der Waals surface area contributed by atoms with Crippen LogP contribution < -0.4 is 10.5 Å². The van der Waals surface area contributed by atoms with Gasteiger partial charge in [-0.25, -0.2) is 13.6 Å². The van der Waals surface area contributed by atoms with Crippen molar-refractivity contribution in [2.24, 2.45) is 10.6 Å². The first kappa shape index (κ1) is 15.3. The smallest absolute Gasteiger partial charge is 0.213 e. The van der Waals surface area contributed by atoms with E-state index in [0.29, 0.717) is 11.5 Å². The van der Waals surface area contributed by atoms with E-state index >= 15 is 0 Å². The van der Waals surface area contributed by atoms with Crippen molar-refractivity contribution < 1.29 is 8.42 Å². The molecule has 0 heterocycles. The van der Waals surface area contributed by atoms with Crippen LogP contribution in [-0.2, 0) is 15.8 Å². The van der Waals surface area contributed by atoms with E-state index in [-0.39, 0.29) is 5.75 Å². The molecule has 2 rings (SSSR count). The topological polar surface area (TPSA) is 72.2 Å². The van der Waals surface area contributed by atoms with Crippen molar-refractivity contribution in [2.45, 2.75) is 51.3 Å². The molecular formula is C15H24N2O2S. The third-order valence-corrected chi connectivity index (χ3v) is 4.77. The van der Waals surface area contributed by atoms with Crippen LogP contribution >= 0.6 is 0 Å². The van der Waals surface area contributed by atoms with E-state index in [1.54, 1.807) is 0 Å². The number of rotatable bonds is 4. The van der Waals surface area contributed by atoms with Gasteiger partial charge in [0.25, 0.3) is 0 Å².